The fourth-order valence-electron chi connectivity index (χ4n) is 3.57. The second kappa shape index (κ2) is 10.8. The number of benzene rings is 2. The Labute approximate surface area is 205 Å². The molecule has 0 aliphatic carbocycles. The van der Waals surface area contributed by atoms with Crippen molar-refractivity contribution in [2.45, 2.75) is 32.4 Å². The average molecular weight is 522 g/mol. The van der Waals surface area contributed by atoms with Crippen LogP contribution in [0.5, 0.6) is 5.75 Å². The highest BCUT2D eigenvalue weighted by molar-refractivity contribution is 7.57. The first-order chi connectivity index (χ1) is 17.2. The number of rotatable bonds is 10. The first kappa shape index (κ1) is 25.8. The molecule has 2 aromatic carbocycles. The molecule has 36 heavy (non-hydrogen) atoms. The Balaban J connectivity index is 1.49. The summed E-state index contributed by atoms with van der Waals surface area (Å²) in [6.45, 7) is 3.26. The largest absolute Gasteiger partial charge is 0.465 e. The summed E-state index contributed by atoms with van der Waals surface area (Å²) < 4.78 is 65.3. The van der Waals surface area contributed by atoms with Crippen LogP contribution in [0.4, 0.5) is 14.5 Å². The number of nitrogens with zero attached hydrogens (tertiary/aromatic N) is 2. The number of anilines is 1. The second-order valence-corrected chi connectivity index (χ2v) is 9.95. The molecule has 0 fully saturated rings. The lowest BCUT2D eigenvalue weighted by Crippen LogP contribution is -2.36. The number of ether oxygens (including phenoxy) is 3. The Kier molecular flexibility index (Phi) is 7.70. The molecule has 1 aromatic heterocycles. The van der Waals surface area contributed by atoms with Gasteiger partial charge in [-0.15, -0.1) is 0 Å². The lowest BCUT2D eigenvalue weighted by molar-refractivity contribution is -0.144. The van der Waals surface area contributed by atoms with Crippen LogP contribution in [-0.2, 0) is 23.6 Å². The van der Waals surface area contributed by atoms with Crippen LogP contribution in [0.1, 0.15) is 20.1 Å². The molecule has 1 aliphatic rings. The summed E-state index contributed by atoms with van der Waals surface area (Å²) in [6, 6.07) is 9.58. The van der Waals surface area contributed by atoms with E-state index in [2.05, 4.69) is 10.1 Å². The molecule has 1 aliphatic heterocycles. The van der Waals surface area contributed by atoms with Crippen LogP contribution >= 0.6 is 7.52 Å². The quantitative estimate of drug-likeness (QED) is 0.228. The number of hydrogen-bond donors (Lipinski definition) is 2. The highest BCUT2D eigenvalue weighted by Gasteiger charge is 2.35. The van der Waals surface area contributed by atoms with Crippen LogP contribution in [0.2, 0.25) is 0 Å². The molecule has 0 spiro atoms. The maximum absolute atomic E-state index is 14.8. The molecule has 0 amide bonds. The van der Waals surface area contributed by atoms with Crippen molar-refractivity contribution in [2.24, 2.45) is 0 Å². The zero-order chi connectivity index (χ0) is 25.9. The van der Waals surface area contributed by atoms with Crippen molar-refractivity contribution in [3.05, 3.63) is 66.5 Å². The maximum Gasteiger partial charge on any atom is 0.342 e. The molecule has 3 aromatic rings. The number of carbonyl (C=O) groups excluding carboxylic acids is 1. The normalized spacial score (nSPS) is 20.1. The summed E-state index contributed by atoms with van der Waals surface area (Å²) >= 11 is 0. The molecular weight excluding hydrogens is 497 g/mol. The van der Waals surface area contributed by atoms with E-state index < -0.39 is 50.0 Å². The Hall–Kier alpha value is -3.31. The van der Waals surface area contributed by atoms with E-state index in [-0.39, 0.29) is 29.1 Å². The smallest absolute Gasteiger partial charge is 0.342 e. The number of fused-ring (bicyclic) bond motifs is 1. The van der Waals surface area contributed by atoms with Gasteiger partial charge in [0.25, 0.3) is 0 Å². The molecule has 3 N–H and O–H groups in total. The predicted octanol–water partition coefficient (Wildman–Crippen LogP) is 4.25. The van der Waals surface area contributed by atoms with Crippen LogP contribution < -0.4 is 15.3 Å². The van der Waals surface area contributed by atoms with Crippen LogP contribution in [0, 0.1) is 5.82 Å². The highest BCUT2D eigenvalue weighted by Crippen LogP contribution is 2.45. The second-order valence-electron chi connectivity index (χ2n) is 7.90. The van der Waals surface area contributed by atoms with E-state index in [1.165, 1.54) is 17.8 Å². The minimum absolute atomic E-state index is 0.0970. The van der Waals surface area contributed by atoms with Gasteiger partial charge in [0.15, 0.2) is 24.7 Å². The van der Waals surface area contributed by atoms with Crippen molar-refractivity contribution >= 4 is 30.2 Å². The number of hydrogen-bond acceptors (Lipinski definition) is 8. The minimum Gasteiger partial charge on any atom is -0.465 e. The zero-order valence-electron chi connectivity index (χ0n) is 19.5. The predicted molar refractivity (Wildman–Crippen MR) is 127 cm³/mol. The van der Waals surface area contributed by atoms with Gasteiger partial charge in [-0.3, -0.25) is 13.9 Å². The van der Waals surface area contributed by atoms with Gasteiger partial charge < -0.3 is 24.5 Å². The fraction of sp³-hybridized carbons (Fsp3) is 0.304. The molecule has 1 unspecified atom stereocenters. The topological polar surface area (TPSA) is 127 Å². The third-order valence-electron chi connectivity index (χ3n) is 5.16. The van der Waals surface area contributed by atoms with E-state index in [1.807, 2.05) is 0 Å². The van der Waals surface area contributed by atoms with Crippen LogP contribution in [0.15, 0.2) is 60.7 Å². The van der Waals surface area contributed by atoms with Crippen molar-refractivity contribution in [1.29, 1.82) is 0 Å². The van der Waals surface area contributed by atoms with Gasteiger partial charge in [-0.05, 0) is 32.0 Å². The monoisotopic (exact) mass is 522 g/mol. The van der Waals surface area contributed by atoms with E-state index >= 15 is 0 Å². The Morgan fingerprint density at radius 3 is 2.78 bits per heavy atom. The number of nitrogens with two attached hydrogens (primary N) is 1. The number of carbonyl (C=O) groups is 1. The average Bonchev–Trinajstić information content (AvgIpc) is 3.41. The molecule has 4 rings (SSSR count). The molecule has 4 atom stereocenters. The third kappa shape index (κ3) is 5.73. The van der Waals surface area contributed by atoms with Gasteiger partial charge in [0, 0.05) is 12.1 Å². The first-order valence-corrected chi connectivity index (χ1v) is 12.8. The summed E-state index contributed by atoms with van der Waals surface area (Å²) in [5, 5.41) is 2.63. The van der Waals surface area contributed by atoms with E-state index in [0.717, 1.165) is 18.2 Å². The van der Waals surface area contributed by atoms with Gasteiger partial charge in [-0.25, -0.2) is 18.9 Å². The Morgan fingerprint density at radius 1 is 1.31 bits per heavy atom. The van der Waals surface area contributed by atoms with E-state index in [1.54, 1.807) is 37.3 Å². The van der Waals surface area contributed by atoms with Crippen molar-refractivity contribution in [3.63, 3.8) is 0 Å². The van der Waals surface area contributed by atoms with Crippen LogP contribution in [0.25, 0.3) is 11.0 Å². The van der Waals surface area contributed by atoms with E-state index in [0.29, 0.717) is 0 Å². The molecule has 192 valence electrons. The van der Waals surface area contributed by atoms with Crippen molar-refractivity contribution in [3.8, 4) is 5.75 Å². The van der Waals surface area contributed by atoms with E-state index in [9.17, 15) is 18.1 Å². The zero-order valence-corrected chi connectivity index (χ0v) is 20.4. The van der Waals surface area contributed by atoms with Gasteiger partial charge in [0.05, 0.1) is 24.1 Å². The number of nitrogen functional groups attached to an aromatic ring is 1. The maximum atomic E-state index is 14.8. The minimum atomic E-state index is -3.87. The summed E-state index contributed by atoms with van der Waals surface area (Å²) in [5.41, 5.74) is 6.41. The molecular formula is C23H25F2N4O6P. The molecule has 0 saturated carbocycles. The Morgan fingerprint density at radius 2 is 2.06 bits per heavy atom. The van der Waals surface area contributed by atoms with Crippen molar-refractivity contribution in [1.82, 2.24) is 14.6 Å². The van der Waals surface area contributed by atoms with Crippen molar-refractivity contribution < 1.29 is 36.9 Å². The summed E-state index contributed by atoms with van der Waals surface area (Å²) in [6.07, 6.45) is -0.819. The number of esters is 1. The molecule has 0 radical (unpaired) electrons. The van der Waals surface area contributed by atoms with Gasteiger partial charge in [0.2, 0.25) is 0 Å². The van der Waals surface area contributed by atoms with Gasteiger partial charge in [-0.1, -0.05) is 18.2 Å². The number of aromatic nitrogens is 2. The van der Waals surface area contributed by atoms with Gasteiger partial charge in [0.1, 0.15) is 23.1 Å². The van der Waals surface area contributed by atoms with Crippen LogP contribution in [-0.4, -0.2) is 40.8 Å². The summed E-state index contributed by atoms with van der Waals surface area (Å²) in [5.74, 6) is -1.70. The number of para-hydroxylation sites is 1. The van der Waals surface area contributed by atoms with Crippen molar-refractivity contribution in [2.75, 3.05) is 18.7 Å². The van der Waals surface area contributed by atoms with Gasteiger partial charge in [-0.2, -0.15) is 0 Å². The standard InChI is InChI=1S/C23H25F2N4O6P/c1-3-32-23(30)14(2)28-36(31,35-16-7-5-4-6-8-16)13-33-20-11-17(25)22(34-20)29-12-27-21-18(26)9-15(24)10-19(21)29/h4-12,14,20,22H,3,13,26H2,1-2H3,(H,28,31)/t14-,20-,22+,36?/m0/s1. The van der Waals surface area contributed by atoms with Gasteiger partial charge >= 0.3 is 13.5 Å². The first-order valence-electron chi connectivity index (χ1n) is 11.0. The lowest BCUT2D eigenvalue weighted by Gasteiger charge is -2.24. The fourth-order valence-corrected chi connectivity index (χ4v) is 5.25. The lowest BCUT2D eigenvalue weighted by atomic mass is 10.2. The highest BCUT2D eigenvalue weighted by atomic mass is 31.2. The summed E-state index contributed by atoms with van der Waals surface area (Å²) in [4.78, 5) is 16.2. The molecule has 2 heterocycles. The Bertz CT molecular complexity index is 1320. The third-order valence-corrected chi connectivity index (χ3v) is 6.93. The number of halogens is 2. The molecule has 0 saturated heterocycles. The van der Waals surface area contributed by atoms with Crippen LogP contribution in [0.3, 0.4) is 0 Å². The van der Waals surface area contributed by atoms with E-state index in [4.69, 9.17) is 24.5 Å². The number of imidazole rings is 1. The molecule has 10 nitrogen and oxygen atoms in total. The molecule has 13 heteroatoms. The summed E-state index contributed by atoms with van der Waals surface area (Å²) in [7, 11) is -3.87. The molecule has 0 bridgehead atoms. The SMILES string of the molecule is CCOC(=O)[C@H](C)NP(=O)(CO[C@@H]1C=C(F)[C@H](n2cnc3c(N)cc(F)cc32)O1)Oc1ccccc1. The number of nitrogens with one attached hydrogen (secondary N) is 1.